The van der Waals surface area contributed by atoms with Crippen molar-refractivity contribution in [3.63, 3.8) is 0 Å². The van der Waals surface area contributed by atoms with E-state index in [0.717, 1.165) is 55.8 Å². The van der Waals surface area contributed by atoms with Crippen LogP contribution < -0.4 is 5.32 Å². The standard InChI is InChI=1S/C18H26N2O2S/c1-3-15(21)19-17-16(18(22)20-9-5-4-6-10-20)13-8-7-12(2)11-14(13)23-17/h12H,3-11H2,1-2H3,(H,19,21)/t12-/m0/s1. The van der Waals surface area contributed by atoms with Crippen molar-refractivity contribution < 1.29 is 9.59 Å². The van der Waals surface area contributed by atoms with Crippen molar-refractivity contribution in [2.45, 2.75) is 58.8 Å². The zero-order valence-corrected chi connectivity index (χ0v) is 14.9. The van der Waals surface area contributed by atoms with Crippen molar-refractivity contribution >= 4 is 28.2 Å². The molecule has 1 aliphatic carbocycles. The van der Waals surface area contributed by atoms with Crippen LogP contribution in [0.5, 0.6) is 0 Å². The summed E-state index contributed by atoms with van der Waals surface area (Å²) >= 11 is 1.62. The summed E-state index contributed by atoms with van der Waals surface area (Å²) < 4.78 is 0. The highest BCUT2D eigenvalue weighted by molar-refractivity contribution is 7.17. The largest absolute Gasteiger partial charge is 0.339 e. The normalized spacial score (nSPS) is 21.0. The average molecular weight is 334 g/mol. The van der Waals surface area contributed by atoms with Crippen LogP contribution in [-0.2, 0) is 17.6 Å². The number of anilines is 1. The van der Waals surface area contributed by atoms with Gasteiger partial charge in [0.25, 0.3) is 5.91 Å². The van der Waals surface area contributed by atoms with E-state index < -0.39 is 0 Å². The maximum absolute atomic E-state index is 13.1. The van der Waals surface area contributed by atoms with Crippen LogP contribution in [0, 0.1) is 5.92 Å². The number of rotatable bonds is 3. The first-order valence-electron chi connectivity index (χ1n) is 8.83. The minimum absolute atomic E-state index is 0.00987. The van der Waals surface area contributed by atoms with Gasteiger partial charge < -0.3 is 10.2 Å². The molecule has 23 heavy (non-hydrogen) atoms. The molecule has 0 bridgehead atoms. The average Bonchev–Trinajstić information content (AvgIpc) is 2.91. The Morgan fingerprint density at radius 2 is 2.00 bits per heavy atom. The Balaban J connectivity index is 1.95. The maximum Gasteiger partial charge on any atom is 0.257 e. The minimum Gasteiger partial charge on any atom is -0.339 e. The number of nitrogens with one attached hydrogen (secondary N) is 1. The Bertz CT molecular complexity index is 602. The molecule has 1 N–H and O–H groups in total. The van der Waals surface area contributed by atoms with Gasteiger partial charge in [0.05, 0.1) is 5.56 Å². The van der Waals surface area contributed by atoms with E-state index in [1.807, 2.05) is 11.8 Å². The van der Waals surface area contributed by atoms with Crippen molar-refractivity contribution in [1.29, 1.82) is 0 Å². The topological polar surface area (TPSA) is 49.4 Å². The number of likely N-dealkylation sites (tertiary alicyclic amines) is 1. The second-order valence-corrected chi connectivity index (χ2v) is 7.92. The number of thiophene rings is 1. The molecular weight excluding hydrogens is 308 g/mol. The van der Waals surface area contributed by atoms with E-state index >= 15 is 0 Å². The summed E-state index contributed by atoms with van der Waals surface area (Å²) in [6.07, 6.45) is 6.95. The molecule has 4 nitrogen and oxygen atoms in total. The number of hydrogen-bond donors (Lipinski definition) is 1. The fourth-order valence-electron chi connectivity index (χ4n) is 3.54. The van der Waals surface area contributed by atoms with Gasteiger partial charge in [0, 0.05) is 24.4 Å². The summed E-state index contributed by atoms with van der Waals surface area (Å²) in [5.41, 5.74) is 2.00. The molecule has 0 saturated carbocycles. The third-order valence-electron chi connectivity index (χ3n) is 4.94. The van der Waals surface area contributed by atoms with E-state index in [2.05, 4.69) is 12.2 Å². The van der Waals surface area contributed by atoms with Crippen molar-refractivity contribution in [2.24, 2.45) is 5.92 Å². The van der Waals surface area contributed by atoms with Gasteiger partial charge in [-0.05, 0) is 50.0 Å². The molecule has 0 aromatic carbocycles. The van der Waals surface area contributed by atoms with Gasteiger partial charge in [-0.15, -0.1) is 11.3 Å². The lowest BCUT2D eigenvalue weighted by Crippen LogP contribution is -2.36. The van der Waals surface area contributed by atoms with E-state index in [0.29, 0.717) is 12.3 Å². The summed E-state index contributed by atoms with van der Waals surface area (Å²) in [4.78, 5) is 28.2. The number of fused-ring (bicyclic) bond motifs is 1. The van der Waals surface area contributed by atoms with E-state index in [-0.39, 0.29) is 11.8 Å². The van der Waals surface area contributed by atoms with E-state index in [9.17, 15) is 9.59 Å². The molecule has 2 amide bonds. The minimum atomic E-state index is -0.00987. The molecule has 1 saturated heterocycles. The van der Waals surface area contributed by atoms with Crippen LogP contribution in [0.25, 0.3) is 0 Å². The van der Waals surface area contributed by atoms with E-state index in [4.69, 9.17) is 0 Å². The Kier molecular flexibility index (Phi) is 5.05. The third kappa shape index (κ3) is 3.44. The molecule has 1 aromatic heterocycles. The summed E-state index contributed by atoms with van der Waals surface area (Å²) in [5.74, 6) is 0.779. The van der Waals surface area contributed by atoms with Gasteiger partial charge in [0.15, 0.2) is 0 Å². The molecule has 0 unspecified atom stereocenters. The molecular formula is C18H26N2O2S. The Labute approximate surface area is 142 Å². The van der Waals surface area contributed by atoms with Gasteiger partial charge in [-0.25, -0.2) is 0 Å². The predicted octanol–water partition coefficient (Wildman–Crippen LogP) is 3.85. The second-order valence-electron chi connectivity index (χ2n) is 6.81. The molecule has 0 radical (unpaired) electrons. The second kappa shape index (κ2) is 7.04. The molecule has 126 valence electrons. The van der Waals surface area contributed by atoms with Crippen LogP contribution in [0.4, 0.5) is 5.00 Å². The van der Waals surface area contributed by atoms with Crippen LogP contribution in [-0.4, -0.2) is 29.8 Å². The first kappa shape index (κ1) is 16.5. The number of nitrogens with zero attached hydrogens (tertiary/aromatic N) is 1. The lowest BCUT2D eigenvalue weighted by atomic mass is 9.88. The molecule has 5 heteroatoms. The van der Waals surface area contributed by atoms with Crippen molar-refractivity contribution in [3.05, 3.63) is 16.0 Å². The highest BCUT2D eigenvalue weighted by Gasteiger charge is 2.30. The Hall–Kier alpha value is -1.36. The zero-order valence-electron chi connectivity index (χ0n) is 14.1. The van der Waals surface area contributed by atoms with Crippen LogP contribution in [0.3, 0.4) is 0 Å². The summed E-state index contributed by atoms with van der Waals surface area (Å²) in [5, 5.41) is 3.77. The molecule has 2 aliphatic rings. The monoisotopic (exact) mass is 334 g/mol. The SMILES string of the molecule is CCC(=O)Nc1sc2c(c1C(=O)N1CCCCC1)CC[C@H](C)C2. The number of carbonyl (C=O) groups excluding carboxylic acids is 2. The smallest absolute Gasteiger partial charge is 0.257 e. The Morgan fingerprint density at radius 3 is 2.70 bits per heavy atom. The zero-order chi connectivity index (χ0) is 16.4. The molecule has 1 aromatic rings. The highest BCUT2D eigenvalue weighted by Crippen LogP contribution is 2.40. The first-order valence-corrected chi connectivity index (χ1v) is 9.65. The number of carbonyl (C=O) groups is 2. The van der Waals surface area contributed by atoms with Gasteiger partial charge in [0.1, 0.15) is 5.00 Å². The predicted molar refractivity (Wildman–Crippen MR) is 94.2 cm³/mol. The maximum atomic E-state index is 13.1. The number of hydrogen-bond acceptors (Lipinski definition) is 3. The third-order valence-corrected chi connectivity index (χ3v) is 6.11. The molecule has 3 rings (SSSR count). The van der Waals surface area contributed by atoms with Gasteiger partial charge in [0.2, 0.25) is 5.91 Å². The molecule has 1 aliphatic heterocycles. The molecule has 1 atom stereocenters. The molecule has 2 heterocycles. The fourth-order valence-corrected chi connectivity index (χ4v) is 4.95. The number of amides is 2. The van der Waals surface area contributed by atoms with Gasteiger partial charge >= 0.3 is 0 Å². The van der Waals surface area contributed by atoms with Crippen LogP contribution in [0.1, 0.15) is 66.8 Å². The van der Waals surface area contributed by atoms with Crippen molar-refractivity contribution in [2.75, 3.05) is 18.4 Å². The lowest BCUT2D eigenvalue weighted by Gasteiger charge is -2.28. The first-order chi connectivity index (χ1) is 11.1. The quantitative estimate of drug-likeness (QED) is 0.913. The summed E-state index contributed by atoms with van der Waals surface area (Å²) in [6, 6.07) is 0. The lowest BCUT2D eigenvalue weighted by molar-refractivity contribution is -0.115. The summed E-state index contributed by atoms with van der Waals surface area (Å²) in [7, 11) is 0. The number of piperidine rings is 1. The van der Waals surface area contributed by atoms with Crippen LogP contribution >= 0.6 is 11.3 Å². The Morgan fingerprint density at radius 1 is 1.26 bits per heavy atom. The van der Waals surface area contributed by atoms with Gasteiger partial charge in [-0.3, -0.25) is 9.59 Å². The van der Waals surface area contributed by atoms with Crippen LogP contribution in [0.2, 0.25) is 0 Å². The van der Waals surface area contributed by atoms with Crippen molar-refractivity contribution in [3.8, 4) is 0 Å². The van der Waals surface area contributed by atoms with E-state index in [1.165, 1.54) is 16.9 Å². The molecule has 1 fully saturated rings. The van der Waals surface area contributed by atoms with E-state index in [1.54, 1.807) is 11.3 Å². The molecule has 0 spiro atoms. The van der Waals surface area contributed by atoms with Crippen LogP contribution in [0.15, 0.2) is 0 Å². The summed E-state index contributed by atoms with van der Waals surface area (Å²) in [6.45, 7) is 5.80. The fraction of sp³-hybridized carbons (Fsp3) is 0.667. The van der Waals surface area contributed by atoms with Gasteiger partial charge in [-0.1, -0.05) is 13.8 Å². The highest BCUT2D eigenvalue weighted by atomic mass is 32.1. The van der Waals surface area contributed by atoms with Gasteiger partial charge in [-0.2, -0.15) is 0 Å². The van der Waals surface area contributed by atoms with Crippen molar-refractivity contribution in [1.82, 2.24) is 4.90 Å².